The van der Waals surface area contributed by atoms with E-state index in [0.29, 0.717) is 5.84 Å². The fourth-order valence-electron chi connectivity index (χ4n) is 8.69. The van der Waals surface area contributed by atoms with E-state index < -0.39 is 0 Å². The number of nitrogens with one attached hydrogen (secondary N) is 1. The molecule has 0 bridgehead atoms. The van der Waals surface area contributed by atoms with Gasteiger partial charge in [-0.1, -0.05) is 121 Å². The summed E-state index contributed by atoms with van der Waals surface area (Å²) in [6, 6.07) is 64.4. The van der Waals surface area contributed by atoms with Crippen LogP contribution < -0.4 is 5.32 Å². The number of hydrogen-bond acceptors (Lipinski definition) is 5. The van der Waals surface area contributed by atoms with Gasteiger partial charge in [0.25, 0.3) is 0 Å². The Morgan fingerprint density at radius 2 is 1.21 bits per heavy atom. The number of rotatable bonds is 5. The lowest BCUT2D eigenvalue weighted by Crippen LogP contribution is -2.33. The van der Waals surface area contributed by atoms with E-state index in [1.165, 1.54) is 53.1 Å². The van der Waals surface area contributed by atoms with Crippen molar-refractivity contribution in [1.29, 1.82) is 0 Å². The molecule has 0 amide bonds. The molecule has 3 aromatic heterocycles. The normalized spacial score (nSPS) is 14.5. The van der Waals surface area contributed by atoms with E-state index in [1.54, 1.807) is 0 Å². The molecule has 12 rings (SSSR count). The number of hydrogen-bond donors (Lipinski definition) is 1. The molecule has 1 N–H and O–H groups in total. The Bertz CT molecular complexity index is 3450. The molecule has 1 aliphatic rings. The van der Waals surface area contributed by atoms with Crippen LogP contribution in [0.4, 0.5) is 0 Å². The summed E-state index contributed by atoms with van der Waals surface area (Å²) in [5.74, 6) is 1.48. The summed E-state index contributed by atoms with van der Waals surface area (Å²) in [5, 5.41) is 10.8. The van der Waals surface area contributed by atoms with Crippen molar-refractivity contribution in [1.82, 2.24) is 9.88 Å². The molecule has 0 spiro atoms. The standard InChI is InChI=1S/C51H32N4OS/c1-3-13-31(14-4-1)49-52-50(32-26-28-44-40(29-32)35-17-8-10-23-43(35)56-44)54-51(53-49)33-25-27-39-46(30-33)57-45-24-12-20-37(48(39)45)36-19-11-22-42-47(36)38-18-7-9-21-41(38)55(42)34-15-5-2-6-16-34/h1-30,49H,(H,52,53,54). The van der Waals surface area contributed by atoms with E-state index in [1.807, 2.05) is 41.7 Å². The van der Waals surface area contributed by atoms with Crippen molar-refractivity contribution in [3.63, 3.8) is 0 Å². The molecular formula is C51H32N4OS. The molecule has 0 aliphatic carbocycles. The maximum absolute atomic E-state index is 6.15. The lowest BCUT2D eigenvalue weighted by molar-refractivity contribution is 0.668. The minimum atomic E-state index is -0.297. The zero-order valence-electron chi connectivity index (χ0n) is 30.6. The van der Waals surface area contributed by atoms with Gasteiger partial charge in [0, 0.05) is 58.5 Å². The van der Waals surface area contributed by atoms with Crippen LogP contribution in [-0.2, 0) is 0 Å². The number of nitrogens with zero attached hydrogens (tertiary/aromatic N) is 3. The van der Waals surface area contributed by atoms with Crippen molar-refractivity contribution < 1.29 is 4.42 Å². The number of fused-ring (bicyclic) bond motifs is 9. The predicted molar refractivity (Wildman–Crippen MR) is 238 cm³/mol. The monoisotopic (exact) mass is 748 g/mol. The van der Waals surface area contributed by atoms with Gasteiger partial charge < -0.3 is 14.3 Å². The van der Waals surface area contributed by atoms with Crippen LogP contribution in [-0.4, -0.2) is 16.2 Å². The van der Waals surface area contributed by atoms with E-state index in [4.69, 9.17) is 14.4 Å². The molecule has 0 saturated heterocycles. The SMILES string of the molecule is c1ccc(C2N=C(c3ccc4oc5ccccc5c4c3)N=C(c3ccc4c(c3)sc3cccc(-c5cccc6c5c5ccccc5n6-c5ccccc5)c34)N2)cc1. The van der Waals surface area contributed by atoms with Gasteiger partial charge in [0.1, 0.15) is 23.2 Å². The minimum absolute atomic E-state index is 0.297. The molecule has 0 radical (unpaired) electrons. The Morgan fingerprint density at radius 1 is 0.509 bits per heavy atom. The van der Waals surface area contributed by atoms with Gasteiger partial charge in [-0.05, 0) is 77.4 Å². The Labute approximate surface area is 331 Å². The fourth-order valence-corrected chi connectivity index (χ4v) is 9.86. The third-order valence-corrected chi connectivity index (χ3v) is 12.4. The third-order valence-electron chi connectivity index (χ3n) is 11.3. The van der Waals surface area contributed by atoms with Gasteiger partial charge in [0.05, 0.1) is 11.0 Å². The highest BCUT2D eigenvalue weighted by molar-refractivity contribution is 7.26. The number of aliphatic imine (C=N–C) groups is 2. The van der Waals surface area contributed by atoms with E-state index in [2.05, 4.69) is 162 Å². The van der Waals surface area contributed by atoms with Gasteiger partial charge in [-0.3, -0.25) is 0 Å². The molecule has 57 heavy (non-hydrogen) atoms. The molecule has 11 aromatic rings. The molecule has 268 valence electrons. The number of para-hydroxylation sites is 3. The van der Waals surface area contributed by atoms with Crippen molar-refractivity contribution in [3.8, 4) is 16.8 Å². The first-order chi connectivity index (χ1) is 28.2. The first-order valence-corrected chi connectivity index (χ1v) is 20.0. The van der Waals surface area contributed by atoms with Gasteiger partial charge in [0.2, 0.25) is 0 Å². The van der Waals surface area contributed by atoms with Crippen LogP contribution in [0.1, 0.15) is 22.9 Å². The Kier molecular flexibility index (Phi) is 7.09. The third kappa shape index (κ3) is 5.08. The highest BCUT2D eigenvalue weighted by Crippen LogP contribution is 2.45. The summed E-state index contributed by atoms with van der Waals surface area (Å²) in [6.45, 7) is 0. The molecule has 1 unspecified atom stereocenters. The Hall–Kier alpha value is -7.28. The zero-order valence-corrected chi connectivity index (χ0v) is 31.4. The summed E-state index contributed by atoms with van der Waals surface area (Å²) in [5.41, 5.74) is 10.8. The van der Waals surface area contributed by atoms with Crippen LogP contribution in [0.2, 0.25) is 0 Å². The first kappa shape index (κ1) is 32.0. The highest BCUT2D eigenvalue weighted by Gasteiger charge is 2.23. The summed E-state index contributed by atoms with van der Waals surface area (Å²) in [7, 11) is 0. The number of benzene rings is 8. The number of aromatic nitrogens is 1. The molecule has 6 heteroatoms. The van der Waals surface area contributed by atoms with Crippen LogP contribution in [0.15, 0.2) is 196 Å². The minimum Gasteiger partial charge on any atom is -0.456 e. The van der Waals surface area contributed by atoms with Gasteiger partial charge >= 0.3 is 0 Å². The molecule has 4 heterocycles. The summed E-state index contributed by atoms with van der Waals surface area (Å²) in [4.78, 5) is 10.4. The van der Waals surface area contributed by atoms with E-state index in [0.717, 1.165) is 50.2 Å². The van der Waals surface area contributed by atoms with Gasteiger partial charge in [-0.15, -0.1) is 11.3 Å². The zero-order chi connectivity index (χ0) is 37.5. The van der Waals surface area contributed by atoms with Crippen molar-refractivity contribution in [2.24, 2.45) is 9.98 Å². The lowest BCUT2D eigenvalue weighted by Gasteiger charge is -2.23. The summed E-state index contributed by atoms with van der Waals surface area (Å²) < 4.78 is 11.0. The average molecular weight is 749 g/mol. The van der Waals surface area contributed by atoms with Crippen molar-refractivity contribution in [3.05, 3.63) is 199 Å². The molecule has 0 fully saturated rings. The first-order valence-electron chi connectivity index (χ1n) is 19.2. The second-order valence-corrected chi connectivity index (χ2v) is 15.6. The van der Waals surface area contributed by atoms with Crippen molar-refractivity contribution in [2.45, 2.75) is 6.17 Å². The average Bonchev–Trinajstić information content (AvgIpc) is 3.96. The smallest absolute Gasteiger partial charge is 0.159 e. The Balaban J connectivity index is 1.01. The quantitative estimate of drug-likeness (QED) is 0.191. The van der Waals surface area contributed by atoms with Crippen molar-refractivity contribution >= 4 is 86.9 Å². The van der Waals surface area contributed by atoms with Gasteiger partial charge in [-0.2, -0.15) is 0 Å². The predicted octanol–water partition coefficient (Wildman–Crippen LogP) is 13.2. The number of amidine groups is 2. The lowest BCUT2D eigenvalue weighted by atomic mass is 9.95. The van der Waals surface area contributed by atoms with Gasteiger partial charge in [0.15, 0.2) is 5.84 Å². The number of thiophene rings is 1. The van der Waals surface area contributed by atoms with E-state index >= 15 is 0 Å². The largest absolute Gasteiger partial charge is 0.456 e. The molecule has 5 nitrogen and oxygen atoms in total. The maximum Gasteiger partial charge on any atom is 0.159 e. The van der Waals surface area contributed by atoms with Crippen LogP contribution in [0.5, 0.6) is 0 Å². The van der Waals surface area contributed by atoms with E-state index in [-0.39, 0.29) is 6.17 Å². The molecule has 1 aliphatic heterocycles. The van der Waals surface area contributed by atoms with Crippen molar-refractivity contribution in [2.75, 3.05) is 0 Å². The summed E-state index contributed by atoms with van der Waals surface area (Å²) in [6.07, 6.45) is -0.297. The van der Waals surface area contributed by atoms with Crippen LogP contribution in [0, 0.1) is 0 Å². The molecule has 8 aromatic carbocycles. The summed E-state index contributed by atoms with van der Waals surface area (Å²) >= 11 is 1.83. The molecule has 1 atom stereocenters. The molecular weight excluding hydrogens is 717 g/mol. The van der Waals surface area contributed by atoms with E-state index in [9.17, 15) is 0 Å². The topological polar surface area (TPSA) is 54.8 Å². The second-order valence-electron chi connectivity index (χ2n) is 14.6. The van der Waals surface area contributed by atoms with Gasteiger partial charge in [-0.25, -0.2) is 9.98 Å². The maximum atomic E-state index is 6.15. The highest BCUT2D eigenvalue weighted by atomic mass is 32.1. The molecule has 0 saturated carbocycles. The Morgan fingerprint density at radius 3 is 2.09 bits per heavy atom. The number of furan rings is 1. The van der Waals surface area contributed by atoms with Crippen LogP contribution in [0.3, 0.4) is 0 Å². The van der Waals surface area contributed by atoms with Crippen LogP contribution >= 0.6 is 11.3 Å². The fraction of sp³-hybridized carbons (Fsp3) is 0.0196. The second kappa shape index (κ2) is 12.6. The van der Waals surface area contributed by atoms with Crippen LogP contribution in [0.25, 0.3) is 80.7 Å².